The van der Waals surface area contributed by atoms with Gasteiger partial charge in [-0.25, -0.2) is 13.6 Å². The molecule has 1 aromatic carbocycles. The van der Waals surface area contributed by atoms with Gasteiger partial charge < -0.3 is 15.2 Å². The molecule has 24 heavy (non-hydrogen) atoms. The Morgan fingerprint density at radius 3 is 2.67 bits per heavy atom. The van der Waals surface area contributed by atoms with E-state index < -0.39 is 29.7 Å². The lowest BCUT2D eigenvalue weighted by Crippen LogP contribution is -2.47. The molecule has 0 bridgehead atoms. The molecule has 0 saturated heterocycles. The smallest absolute Gasteiger partial charge is 0.405 e. The summed E-state index contributed by atoms with van der Waals surface area (Å²) in [5.74, 6) is -2.25. The normalized spacial score (nSPS) is 19.8. The van der Waals surface area contributed by atoms with Crippen molar-refractivity contribution in [3.8, 4) is 5.75 Å². The Morgan fingerprint density at radius 1 is 1.46 bits per heavy atom. The van der Waals surface area contributed by atoms with Crippen LogP contribution in [0.4, 0.5) is 13.6 Å². The maximum absolute atomic E-state index is 14.3. The summed E-state index contributed by atoms with van der Waals surface area (Å²) in [6.45, 7) is 0.385. The number of carbonyl (C=O) groups is 1. The lowest BCUT2D eigenvalue weighted by Gasteiger charge is -2.22. The molecule has 1 amide bonds. The van der Waals surface area contributed by atoms with Crippen LogP contribution in [0.1, 0.15) is 11.5 Å². The van der Waals surface area contributed by atoms with E-state index in [-0.39, 0.29) is 23.7 Å². The van der Waals surface area contributed by atoms with Crippen LogP contribution in [0.25, 0.3) is 0 Å². The lowest BCUT2D eigenvalue weighted by molar-refractivity contribution is 0.0977. The first-order chi connectivity index (χ1) is 11.5. The van der Waals surface area contributed by atoms with Crippen molar-refractivity contribution in [1.82, 2.24) is 10.8 Å². The van der Waals surface area contributed by atoms with E-state index in [9.17, 15) is 13.6 Å². The highest BCUT2D eigenvalue weighted by Gasteiger charge is 2.37. The number of alkyl halides is 1. The van der Waals surface area contributed by atoms with E-state index in [0.29, 0.717) is 11.0 Å². The molecular weight excluding hydrogens is 439 g/mol. The van der Waals surface area contributed by atoms with Gasteiger partial charge in [-0.1, -0.05) is 22.6 Å². The first kappa shape index (κ1) is 18.6. The fourth-order valence-corrected chi connectivity index (χ4v) is 2.66. The second-order valence-corrected chi connectivity index (χ2v) is 5.98. The summed E-state index contributed by atoms with van der Waals surface area (Å²) in [5, 5.41) is 11.2. The van der Waals surface area contributed by atoms with E-state index in [1.54, 1.807) is 0 Å². The molecule has 2 rings (SSSR count). The Morgan fingerprint density at radius 2 is 2.12 bits per heavy atom. The fourth-order valence-electron chi connectivity index (χ4n) is 2.44. The second kappa shape index (κ2) is 8.42. The van der Waals surface area contributed by atoms with Crippen LogP contribution in [-0.4, -0.2) is 47.8 Å². The Bertz CT molecular complexity index is 621. The van der Waals surface area contributed by atoms with Crippen LogP contribution >= 0.6 is 22.6 Å². The molecule has 7 nitrogen and oxygen atoms in total. The van der Waals surface area contributed by atoms with E-state index in [1.807, 2.05) is 0 Å². The number of carboxylic acid groups (broad SMARTS) is 1. The van der Waals surface area contributed by atoms with Gasteiger partial charge in [0.25, 0.3) is 0 Å². The fraction of sp³-hybridized carbons (Fsp3) is 0.429. The van der Waals surface area contributed by atoms with Crippen molar-refractivity contribution in [3.05, 3.63) is 29.3 Å². The van der Waals surface area contributed by atoms with Gasteiger partial charge in [0.05, 0.1) is 20.3 Å². The van der Waals surface area contributed by atoms with Crippen LogP contribution in [0, 0.1) is 11.6 Å². The van der Waals surface area contributed by atoms with Gasteiger partial charge in [-0.2, -0.15) is 0 Å². The number of nitrogens with one attached hydrogen (secondary N) is 2. The van der Waals surface area contributed by atoms with Crippen LogP contribution in [0.5, 0.6) is 5.75 Å². The number of halogens is 3. The average Bonchev–Trinajstić information content (AvgIpc) is 2.89. The first-order valence-corrected chi connectivity index (χ1v) is 8.51. The lowest BCUT2D eigenvalue weighted by atomic mass is 9.92. The molecule has 2 atom stereocenters. The number of hydrogen-bond donors (Lipinski definition) is 3. The molecule has 3 N–H and O–H groups in total. The SMILES string of the molecule is COc1cc(F)c(C2CN=C(NOCCI)C2NC(=O)O)c(F)c1. The van der Waals surface area contributed by atoms with Crippen LogP contribution in [0.15, 0.2) is 17.1 Å². The minimum absolute atomic E-state index is 0.0149. The molecular formula is C14H16F2IN3O4. The summed E-state index contributed by atoms with van der Waals surface area (Å²) >= 11 is 2.10. The predicted octanol–water partition coefficient (Wildman–Crippen LogP) is 2.06. The van der Waals surface area contributed by atoms with Crippen molar-refractivity contribution in [2.24, 2.45) is 4.99 Å². The van der Waals surface area contributed by atoms with Crippen molar-refractivity contribution in [1.29, 1.82) is 0 Å². The summed E-state index contributed by atoms with van der Waals surface area (Å²) in [7, 11) is 1.30. The molecule has 0 radical (unpaired) electrons. The van der Waals surface area contributed by atoms with Gasteiger partial charge >= 0.3 is 6.09 Å². The number of methoxy groups -OCH3 is 1. The Balaban J connectivity index is 2.28. The predicted molar refractivity (Wildman–Crippen MR) is 90.9 cm³/mol. The van der Waals surface area contributed by atoms with E-state index >= 15 is 0 Å². The molecule has 0 saturated carbocycles. The highest BCUT2D eigenvalue weighted by molar-refractivity contribution is 14.1. The number of aliphatic imine (C=N–C) groups is 1. The molecule has 1 heterocycles. The second-order valence-electron chi connectivity index (χ2n) is 4.90. The van der Waals surface area contributed by atoms with Gasteiger partial charge in [0.2, 0.25) is 0 Å². The third-order valence-electron chi connectivity index (χ3n) is 3.45. The van der Waals surface area contributed by atoms with Crippen molar-refractivity contribution in [2.45, 2.75) is 12.0 Å². The molecule has 10 heteroatoms. The third-order valence-corrected chi connectivity index (χ3v) is 3.89. The van der Waals surface area contributed by atoms with E-state index in [1.165, 1.54) is 7.11 Å². The number of nitrogens with zero attached hydrogens (tertiary/aromatic N) is 1. The van der Waals surface area contributed by atoms with Crippen molar-refractivity contribution in [2.75, 3.05) is 24.7 Å². The zero-order chi connectivity index (χ0) is 17.7. The Labute approximate surface area is 150 Å². The first-order valence-electron chi connectivity index (χ1n) is 6.98. The van der Waals surface area contributed by atoms with Crippen LogP contribution in [-0.2, 0) is 4.84 Å². The molecule has 132 valence electrons. The van der Waals surface area contributed by atoms with Gasteiger partial charge in [0.15, 0.2) is 0 Å². The van der Waals surface area contributed by atoms with E-state index in [4.69, 9.17) is 14.7 Å². The number of amides is 1. The number of rotatable bonds is 6. The van der Waals surface area contributed by atoms with Crippen molar-refractivity contribution < 1.29 is 28.3 Å². The monoisotopic (exact) mass is 455 g/mol. The summed E-state index contributed by atoms with van der Waals surface area (Å²) in [4.78, 5) is 20.3. The minimum atomic E-state index is -1.33. The van der Waals surface area contributed by atoms with Crippen LogP contribution in [0.2, 0.25) is 0 Å². The Hall–Kier alpha value is -1.69. The van der Waals surface area contributed by atoms with Gasteiger partial charge in [0.1, 0.15) is 29.3 Å². The maximum Gasteiger partial charge on any atom is 0.405 e. The number of amidine groups is 1. The van der Waals surface area contributed by atoms with Gasteiger partial charge in [-0.15, -0.1) is 0 Å². The van der Waals surface area contributed by atoms with Crippen molar-refractivity contribution >= 4 is 34.5 Å². The van der Waals surface area contributed by atoms with E-state index in [0.717, 1.165) is 12.1 Å². The van der Waals surface area contributed by atoms with E-state index in [2.05, 4.69) is 38.4 Å². The zero-order valence-electron chi connectivity index (χ0n) is 12.7. The molecule has 0 spiro atoms. The van der Waals surface area contributed by atoms with Gasteiger partial charge in [0, 0.05) is 28.0 Å². The largest absolute Gasteiger partial charge is 0.497 e. The zero-order valence-corrected chi connectivity index (χ0v) is 14.8. The molecule has 1 aromatic rings. The third kappa shape index (κ3) is 4.23. The summed E-state index contributed by atoms with van der Waals surface area (Å²) in [5.41, 5.74) is 2.30. The number of benzene rings is 1. The molecule has 1 aliphatic rings. The molecule has 0 aromatic heterocycles. The minimum Gasteiger partial charge on any atom is -0.497 e. The molecule has 0 fully saturated rings. The maximum atomic E-state index is 14.3. The number of ether oxygens (including phenoxy) is 1. The van der Waals surface area contributed by atoms with Crippen LogP contribution in [0.3, 0.4) is 0 Å². The average molecular weight is 455 g/mol. The summed E-state index contributed by atoms with van der Waals surface area (Å²) in [6, 6.07) is 1.15. The summed E-state index contributed by atoms with van der Waals surface area (Å²) < 4.78 is 34.1. The number of hydroxylamine groups is 1. The quantitative estimate of drug-likeness (QED) is 0.265. The van der Waals surface area contributed by atoms with Crippen LogP contribution < -0.4 is 15.5 Å². The number of hydrogen-bond acceptors (Lipinski definition) is 5. The highest BCUT2D eigenvalue weighted by Crippen LogP contribution is 2.32. The van der Waals surface area contributed by atoms with Gasteiger partial charge in [-0.3, -0.25) is 15.3 Å². The molecule has 2 unspecified atom stereocenters. The molecule has 0 aliphatic carbocycles. The standard InChI is InChI=1S/C14H16F2IN3O4/c1-23-7-4-9(15)11(10(16)5-7)8-6-18-13(20-24-3-2-17)12(8)19-14(21)22/h4-5,8,12,19H,2-3,6H2,1H3,(H,18,20)(H,21,22). The Kier molecular flexibility index (Phi) is 6.54. The molecule has 1 aliphatic heterocycles. The topological polar surface area (TPSA) is 92.2 Å². The summed E-state index contributed by atoms with van der Waals surface area (Å²) in [6.07, 6.45) is -1.33. The highest BCUT2D eigenvalue weighted by atomic mass is 127. The van der Waals surface area contributed by atoms with Crippen molar-refractivity contribution in [3.63, 3.8) is 0 Å². The van der Waals surface area contributed by atoms with Gasteiger partial charge in [-0.05, 0) is 0 Å².